The van der Waals surface area contributed by atoms with E-state index >= 15 is 0 Å². The Balaban J connectivity index is 1.38. The molecular weight excluding hydrogens is 390 g/mol. The van der Waals surface area contributed by atoms with Crippen LogP contribution in [0.1, 0.15) is 45.4 Å². The number of furan rings is 1. The molecule has 0 bridgehead atoms. The van der Waals surface area contributed by atoms with Gasteiger partial charge in [0.05, 0.1) is 6.04 Å². The molecule has 3 rings (SSSR count). The number of fused-ring (bicyclic) bond motifs is 1. The number of esters is 1. The first kappa shape index (κ1) is 21.4. The fourth-order valence-corrected chi connectivity index (χ4v) is 3.19. The summed E-state index contributed by atoms with van der Waals surface area (Å²) in [4.78, 5) is 48.8. The molecule has 2 N–H and O–H groups in total. The Kier molecular flexibility index (Phi) is 6.09. The largest absolute Gasteiger partial charge is 0.459 e. The Morgan fingerprint density at radius 1 is 1.27 bits per heavy atom. The van der Waals surface area contributed by atoms with Crippen LogP contribution in [0.15, 0.2) is 34.7 Å². The van der Waals surface area contributed by atoms with Crippen molar-refractivity contribution in [2.75, 3.05) is 13.2 Å². The maximum absolute atomic E-state index is 12.1. The number of amides is 4. The molecule has 0 saturated carbocycles. The van der Waals surface area contributed by atoms with Gasteiger partial charge in [-0.15, -0.1) is 0 Å². The van der Waals surface area contributed by atoms with Crippen LogP contribution in [0.4, 0.5) is 4.79 Å². The number of carbonyl (C=O) groups excluding carboxylic acids is 4. The van der Waals surface area contributed by atoms with Crippen molar-refractivity contribution >= 4 is 34.8 Å². The zero-order valence-electron chi connectivity index (χ0n) is 17.2. The third-order valence-corrected chi connectivity index (χ3v) is 4.82. The average Bonchev–Trinajstić information content (AvgIpc) is 3.20. The van der Waals surface area contributed by atoms with Crippen LogP contribution in [0.25, 0.3) is 11.0 Å². The molecule has 1 atom stereocenters. The third-order valence-electron chi connectivity index (χ3n) is 4.82. The van der Waals surface area contributed by atoms with Gasteiger partial charge in [-0.3, -0.25) is 19.3 Å². The summed E-state index contributed by atoms with van der Waals surface area (Å²) < 4.78 is 10.7. The lowest BCUT2D eigenvalue weighted by molar-refractivity contribution is -0.149. The Morgan fingerprint density at radius 2 is 2.00 bits per heavy atom. The number of carbonyl (C=O) groups is 4. The summed E-state index contributed by atoms with van der Waals surface area (Å²) in [5.41, 5.74) is -0.208. The van der Waals surface area contributed by atoms with E-state index in [2.05, 4.69) is 10.6 Å². The molecule has 0 aliphatic carbocycles. The summed E-state index contributed by atoms with van der Waals surface area (Å²) in [7, 11) is 0. The summed E-state index contributed by atoms with van der Waals surface area (Å²) in [5.74, 6) is -0.757. The number of urea groups is 1. The lowest BCUT2D eigenvalue weighted by Gasteiger charge is -2.15. The standard InChI is InChI=1S/C21H25N3O6/c1-13(16-11-14-7-4-5-8-15(14)30-16)22-17(25)12-29-18(26)9-6-10-24-19(27)21(2,3)23-20(24)28/h4-5,7-8,11,13H,6,9-10,12H2,1-3H3,(H,22,25)(H,23,28)/t13-/m1/s1. The van der Waals surface area contributed by atoms with Crippen molar-refractivity contribution in [2.24, 2.45) is 0 Å². The van der Waals surface area contributed by atoms with Crippen molar-refractivity contribution in [1.29, 1.82) is 0 Å². The Morgan fingerprint density at radius 3 is 2.67 bits per heavy atom. The van der Waals surface area contributed by atoms with E-state index in [-0.39, 0.29) is 31.3 Å². The van der Waals surface area contributed by atoms with Gasteiger partial charge in [-0.05, 0) is 39.3 Å². The van der Waals surface area contributed by atoms with Crippen LogP contribution in [0, 0.1) is 0 Å². The fourth-order valence-electron chi connectivity index (χ4n) is 3.19. The Labute approximate surface area is 173 Å². The van der Waals surface area contributed by atoms with Crippen molar-refractivity contribution in [1.82, 2.24) is 15.5 Å². The van der Waals surface area contributed by atoms with Crippen molar-refractivity contribution in [3.05, 3.63) is 36.1 Å². The molecule has 1 fully saturated rings. The van der Waals surface area contributed by atoms with Crippen LogP contribution in [0.2, 0.25) is 0 Å². The van der Waals surface area contributed by atoms with E-state index in [9.17, 15) is 19.2 Å². The average molecular weight is 415 g/mol. The summed E-state index contributed by atoms with van der Waals surface area (Å²) in [6.07, 6.45) is 0.245. The molecule has 1 aromatic carbocycles. The maximum atomic E-state index is 12.1. The minimum atomic E-state index is -0.938. The summed E-state index contributed by atoms with van der Waals surface area (Å²) in [6, 6.07) is 8.52. The predicted molar refractivity (Wildman–Crippen MR) is 107 cm³/mol. The van der Waals surface area contributed by atoms with Gasteiger partial charge in [0.2, 0.25) is 0 Å². The van der Waals surface area contributed by atoms with Gasteiger partial charge < -0.3 is 19.8 Å². The van der Waals surface area contributed by atoms with Gasteiger partial charge in [0.1, 0.15) is 16.9 Å². The van der Waals surface area contributed by atoms with E-state index in [0.717, 1.165) is 15.9 Å². The first-order valence-electron chi connectivity index (χ1n) is 9.75. The van der Waals surface area contributed by atoms with Gasteiger partial charge >= 0.3 is 12.0 Å². The second kappa shape index (κ2) is 8.56. The molecule has 9 heteroatoms. The van der Waals surface area contributed by atoms with E-state index < -0.39 is 30.1 Å². The number of para-hydroxylation sites is 1. The monoisotopic (exact) mass is 415 g/mol. The van der Waals surface area contributed by atoms with Crippen LogP contribution < -0.4 is 10.6 Å². The smallest absolute Gasteiger partial charge is 0.325 e. The minimum absolute atomic E-state index is 0.0100. The summed E-state index contributed by atoms with van der Waals surface area (Å²) in [6.45, 7) is 4.70. The number of hydrogen-bond donors (Lipinski definition) is 2. The van der Waals surface area contributed by atoms with E-state index in [0.29, 0.717) is 5.76 Å². The van der Waals surface area contributed by atoms with E-state index in [1.54, 1.807) is 20.8 Å². The van der Waals surface area contributed by atoms with Gasteiger partial charge in [-0.1, -0.05) is 18.2 Å². The molecule has 1 saturated heterocycles. The highest BCUT2D eigenvalue weighted by Gasteiger charge is 2.43. The molecule has 4 amide bonds. The molecule has 0 radical (unpaired) electrons. The third kappa shape index (κ3) is 4.79. The number of ether oxygens (including phenoxy) is 1. The zero-order chi connectivity index (χ0) is 21.9. The van der Waals surface area contributed by atoms with Gasteiger partial charge in [0.15, 0.2) is 6.61 Å². The van der Waals surface area contributed by atoms with Crippen LogP contribution in [0.3, 0.4) is 0 Å². The van der Waals surface area contributed by atoms with Crippen molar-refractivity contribution in [3.8, 4) is 0 Å². The number of imide groups is 1. The SMILES string of the molecule is C[C@@H](NC(=O)COC(=O)CCCN1C(=O)NC(C)(C)C1=O)c1cc2ccccc2o1. The lowest BCUT2D eigenvalue weighted by atomic mass is 10.1. The topological polar surface area (TPSA) is 118 Å². The van der Waals surface area contributed by atoms with Crippen molar-refractivity contribution in [2.45, 2.75) is 45.2 Å². The first-order valence-corrected chi connectivity index (χ1v) is 9.75. The second-order valence-corrected chi connectivity index (χ2v) is 7.75. The molecule has 2 heterocycles. The minimum Gasteiger partial charge on any atom is -0.459 e. The number of nitrogens with one attached hydrogen (secondary N) is 2. The molecular formula is C21H25N3O6. The predicted octanol–water partition coefficient (Wildman–Crippen LogP) is 2.26. The normalized spacial score (nSPS) is 16.4. The molecule has 1 aliphatic heterocycles. The maximum Gasteiger partial charge on any atom is 0.325 e. The molecule has 30 heavy (non-hydrogen) atoms. The Bertz CT molecular complexity index is 947. The van der Waals surface area contributed by atoms with E-state index in [1.165, 1.54) is 0 Å². The molecule has 9 nitrogen and oxygen atoms in total. The fraction of sp³-hybridized carbons (Fsp3) is 0.429. The molecule has 2 aromatic rings. The van der Waals surface area contributed by atoms with Gasteiger partial charge in [0.25, 0.3) is 11.8 Å². The van der Waals surface area contributed by atoms with Gasteiger partial charge in [0, 0.05) is 18.4 Å². The summed E-state index contributed by atoms with van der Waals surface area (Å²) >= 11 is 0. The number of hydrogen-bond acceptors (Lipinski definition) is 6. The van der Waals surface area contributed by atoms with E-state index in [4.69, 9.17) is 9.15 Å². The Hall–Kier alpha value is -3.36. The van der Waals surface area contributed by atoms with Gasteiger partial charge in [-0.2, -0.15) is 0 Å². The zero-order valence-corrected chi connectivity index (χ0v) is 17.2. The second-order valence-electron chi connectivity index (χ2n) is 7.75. The molecule has 160 valence electrons. The summed E-state index contributed by atoms with van der Waals surface area (Å²) in [5, 5.41) is 6.23. The number of nitrogens with zero attached hydrogens (tertiary/aromatic N) is 1. The van der Waals surface area contributed by atoms with Crippen molar-refractivity contribution < 1.29 is 28.3 Å². The molecule has 1 aliphatic rings. The highest BCUT2D eigenvalue weighted by molar-refractivity contribution is 6.06. The highest BCUT2D eigenvalue weighted by atomic mass is 16.5. The molecule has 1 aromatic heterocycles. The highest BCUT2D eigenvalue weighted by Crippen LogP contribution is 2.23. The van der Waals surface area contributed by atoms with Crippen molar-refractivity contribution in [3.63, 3.8) is 0 Å². The van der Waals surface area contributed by atoms with Crippen LogP contribution in [0.5, 0.6) is 0 Å². The first-order chi connectivity index (χ1) is 14.2. The van der Waals surface area contributed by atoms with Crippen LogP contribution in [-0.2, 0) is 19.1 Å². The van der Waals surface area contributed by atoms with Crippen LogP contribution >= 0.6 is 0 Å². The van der Waals surface area contributed by atoms with E-state index in [1.807, 2.05) is 30.3 Å². The quantitative estimate of drug-likeness (QED) is 0.504. The van der Waals surface area contributed by atoms with Crippen LogP contribution in [-0.4, -0.2) is 47.4 Å². The molecule has 0 spiro atoms. The number of benzene rings is 1. The molecule has 0 unspecified atom stereocenters. The van der Waals surface area contributed by atoms with Gasteiger partial charge in [-0.25, -0.2) is 4.79 Å². The lowest BCUT2D eigenvalue weighted by Crippen LogP contribution is -2.40. The number of rotatable bonds is 8.